The summed E-state index contributed by atoms with van der Waals surface area (Å²) in [6.45, 7) is 2.00. The van der Waals surface area contributed by atoms with Gasteiger partial charge in [-0.2, -0.15) is 0 Å². The van der Waals surface area contributed by atoms with Crippen LogP contribution in [-0.4, -0.2) is 12.7 Å². The Balaban J connectivity index is 2.36. The normalized spacial score (nSPS) is 20.4. The summed E-state index contributed by atoms with van der Waals surface area (Å²) >= 11 is 0. The fourth-order valence-corrected chi connectivity index (χ4v) is 1.63. The molecule has 1 aromatic rings. The number of amides is 1. The second kappa shape index (κ2) is 3.29. The molecule has 14 heavy (non-hydrogen) atoms. The molecule has 1 amide bonds. The molecule has 1 atom stereocenters. The first-order valence-electron chi connectivity index (χ1n) is 4.37. The number of hydrogen-bond donors (Lipinski definition) is 1. The molecule has 1 aliphatic heterocycles. The van der Waals surface area contributed by atoms with Crippen molar-refractivity contribution >= 4 is 6.09 Å². The lowest BCUT2D eigenvalue weighted by Crippen LogP contribution is -2.20. The van der Waals surface area contributed by atoms with Crippen molar-refractivity contribution < 1.29 is 13.9 Å². The topological polar surface area (TPSA) is 38.3 Å². The van der Waals surface area contributed by atoms with Crippen LogP contribution in [0.15, 0.2) is 18.2 Å². The minimum atomic E-state index is -0.488. The average Bonchev–Trinajstić information content (AvgIpc) is 2.51. The highest BCUT2D eigenvalue weighted by molar-refractivity contribution is 5.70. The van der Waals surface area contributed by atoms with E-state index in [1.54, 1.807) is 6.07 Å². The van der Waals surface area contributed by atoms with Gasteiger partial charge in [-0.05, 0) is 18.6 Å². The molecule has 0 bridgehead atoms. The third-order valence-electron chi connectivity index (χ3n) is 2.29. The van der Waals surface area contributed by atoms with Gasteiger partial charge in [0.25, 0.3) is 0 Å². The molecule has 0 aromatic heterocycles. The van der Waals surface area contributed by atoms with Gasteiger partial charge in [-0.15, -0.1) is 0 Å². The van der Waals surface area contributed by atoms with Crippen LogP contribution in [0.3, 0.4) is 0 Å². The summed E-state index contributed by atoms with van der Waals surface area (Å²) in [4.78, 5) is 10.8. The SMILES string of the molecule is Cc1cccc(F)c1[C@H]1COC(=O)N1. The van der Waals surface area contributed by atoms with Crippen LogP contribution in [0.5, 0.6) is 0 Å². The molecule has 1 heterocycles. The number of halogens is 1. The highest BCUT2D eigenvalue weighted by Crippen LogP contribution is 2.24. The second-order valence-electron chi connectivity index (χ2n) is 3.27. The Morgan fingerprint density at radius 3 is 2.93 bits per heavy atom. The highest BCUT2D eigenvalue weighted by atomic mass is 19.1. The molecule has 2 rings (SSSR count). The van der Waals surface area contributed by atoms with E-state index in [4.69, 9.17) is 4.74 Å². The van der Waals surface area contributed by atoms with Crippen molar-refractivity contribution in [2.24, 2.45) is 0 Å². The smallest absolute Gasteiger partial charge is 0.407 e. The second-order valence-corrected chi connectivity index (χ2v) is 3.27. The Hall–Kier alpha value is -1.58. The van der Waals surface area contributed by atoms with E-state index in [-0.39, 0.29) is 18.5 Å². The molecule has 1 N–H and O–H groups in total. The van der Waals surface area contributed by atoms with Crippen molar-refractivity contribution in [3.8, 4) is 0 Å². The third-order valence-corrected chi connectivity index (χ3v) is 2.29. The third kappa shape index (κ3) is 1.43. The Labute approximate surface area is 80.9 Å². The lowest BCUT2D eigenvalue weighted by Gasteiger charge is -2.11. The van der Waals surface area contributed by atoms with E-state index in [1.807, 2.05) is 13.0 Å². The number of rotatable bonds is 1. The number of cyclic esters (lactones) is 1. The Kier molecular flexibility index (Phi) is 2.11. The summed E-state index contributed by atoms with van der Waals surface area (Å²) in [5, 5.41) is 2.55. The van der Waals surface area contributed by atoms with Gasteiger partial charge in [0.2, 0.25) is 0 Å². The van der Waals surface area contributed by atoms with Gasteiger partial charge >= 0.3 is 6.09 Å². The Morgan fingerprint density at radius 1 is 1.57 bits per heavy atom. The van der Waals surface area contributed by atoms with Gasteiger partial charge in [-0.3, -0.25) is 0 Å². The zero-order valence-electron chi connectivity index (χ0n) is 7.71. The lowest BCUT2D eigenvalue weighted by atomic mass is 10.0. The number of hydrogen-bond acceptors (Lipinski definition) is 2. The molecule has 0 radical (unpaired) electrons. The number of carbonyl (C=O) groups excluding carboxylic acids is 1. The predicted molar refractivity (Wildman–Crippen MR) is 48.4 cm³/mol. The van der Waals surface area contributed by atoms with Gasteiger partial charge < -0.3 is 10.1 Å². The van der Waals surface area contributed by atoms with Gasteiger partial charge in [-0.25, -0.2) is 9.18 Å². The summed E-state index contributed by atoms with van der Waals surface area (Å²) < 4.78 is 18.1. The van der Waals surface area contributed by atoms with E-state index in [0.717, 1.165) is 5.56 Å². The monoisotopic (exact) mass is 195 g/mol. The van der Waals surface area contributed by atoms with Crippen molar-refractivity contribution in [3.63, 3.8) is 0 Å². The Bertz CT molecular complexity index is 358. The number of alkyl carbamates (subject to hydrolysis) is 1. The highest BCUT2D eigenvalue weighted by Gasteiger charge is 2.27. The van der Waals surface area contributed by atoms with Crippen LogP contribution in [0.2, 0.25) is 0 Å². The molecule has 0 saturated carbocycles. The Morgan fingerprint density at radius 2 is 2.36 bits per heavy atom. The zero-order chi connectivity index (χ0) is 10.1. The zero-order valence-corrected chi connectivity index (χ0v) is 7.71. The van der Waals surface area contributed by atoms with E-state index in [1.165, 1.54) is 6.07 Å². The first kappa shape index (κ1) is 8.99. The largest absolute Gasteiger partial charge is 0.447 e. The number of benzene rings is 1. The fraction of sp³-hybridized carbons (Fsp3) is 0.300. The molecule has 0 unspecified atom stereocenters. The van der Waals surface area contributed by atoms with Crippen LogP contribution in [0.25, 0.3) is 0 Å². The first-order valence-corrected chi connectivity index (χ1v) is 4.37. The standard InChI is InChI=1S/C10H10FNO2/c1-6-3-2-4-7(11)9(6)8-5-14-10(13)12-8/h2-4,8H,5H2,1H3,(H,12,13)/t8-/m1/s1. The molecular formula is C10H10FNO2. The molecular weight excluding hydrogens is 185 g/mol. The maximum atomic E-state index is 13.4. The molecule has 3 nitrogen and oxygen atoms in total. The van der Waals surface area contributed by atoms with E-state index in [9.17, 15) is 9.18 Å². The number of aryl methyl sites for hydroxylation is 1. The van der Waals surface area contributed by atoms with Crippen molar-refractivity contribution in [1.29, 1.82) is 0 Å². The molecule has 0 aliphatic carbocycles. The summed E-state index contributed by atoms with van der Waals surface area (Å²) in [5.41, 5.74) is 1.33. The lowest BCUT2D eigenvalue weighted by molar-refractivity contribution is 0.176. The van der Waals surface area contributed by atoms with Gasteiger partial charge in [0.05, 0.1) is 6.04 Å². The molecule has 1 fully saturated rings. The van der Waals surface area contributed by atoms with Gasteiger partial charge in [0.15, 0.2) is 0 Å². The number of ether oxygens (including phenoxy) is 1. The van der Waals surface area contributed by atoms with Crippen molar-refractivity contribution in [1.82, 2.24) is 5.32 Å². The van der Waals surface area contributed by atoms with Gasteiger partial charge in [-0.1, -0.05) is 12.1 Å². The maximum absolute atomic E-state index is 13.4. The molecule has 1 saturated heterocycles. The van der Waals surface area contributed by atoms with Crippen LogP contribution in [0.4, 0.5) is 9.18 Å². The van der Waals surface area contributed by atoms with Crippen LogP contribution in [-0.2, 0) is 4.74 Å². The summed E-state index contributed by atoms with van der Waals surface area (Å²) in [6.07, 6.45) is -0.488. The predicted octanol–water partition coefficient (Wildman–Crippen LogP) is 1.92. The van der Waals surface area contributed by atoms with Crippen LogP contribution < -0.4 is 5.32 Å². The van der Waals surface area contributed by atoms with Gasteiger partial charge in [0, 0.05) is 5.56 Å². The fourth-order valence-electron chi connectivity index (χ4n) is 1.63. The van der Waals surface area contributed by atoms with Crippen LogP contribution in [0, 0.1) is 12.7 Å². The van der Waals surface area contributed by atoms with E-state index < -0.39 is 6.09 Å². The molecule has 1 aliphatic rings. The van der Waals surface area contributed by atoms with Gasteiger partial charge in [0.1, 0.15) is 12.4 Å². The van der Waals surface area contributed by atoms with E-state index in [2.05, 4.69) is 5.32 Å². The molecule has 4 heteroatoms. The minimum absolute atomic E-state index is 0.195. The number of nitrogens with one attached hydrogen (secondary N) is 1. The summed E-state index contributed by atoms with van der Waals surface area (Å²) in [6, 6.07) is 4.48. The van der Waals surface area contributed by atoms with Crippen molar-refractivity contribution in [2.75, 3.05) is 6.61 Å². The van der Waals surface area contributed by atoms with Crippen molar-refractivity contribution in [2.45, 2.75) is 13.0 Å². The number of carbonyl (C=O) groups is 1. The maximum Gasteiger partial charge on any atom is 0.407 e. The van der Waals surface area contributed by atoms with Crippen molar-refractivity contribution in [3.05, 3.63) is 35.1 Å². The average molecular weight is 195 g/mol. The summed E-state index contributed by atoms with van der Waals surface area (Å²) in [5.74, 6) is -0.305. The molecule has 1 aromatic carbocycles. The first-order chi connectivity index (χ1) is 6.68. The van der Waals surface area contributed by atoms with E-state index >= 15 is 0 Å². The van der Waals surface area contributed by atoms with Crippen LogP contribution in [0.1, 0.15) is 17.2 Å². The quantitative estimate of drug-likeness (QED) is 0.743. The van der Waals surface area contributed by atoms with E-state index in [0.29, 0.717) is 5.56 Å². The van der Waals surface area contributed by atoms with Crippen LogP contribution >= 0.6 is 0 Å². The summed E-state index contributed by atoms with van der Waals surface area (Å²) in [7, 11) is 0. The molecule has 0 spiro atoms. The molecule has 74 valence electrons. The minimum Gasteiger partial charge on any atom is -0.447 e.